The van der Waals surface area contributed by atoms with Crippen LogP contribution in [0.3, 0.4) is 0 Å². The summed E-state index contributed by atoms with van der Waals surface area (Å²) in [4.78, 5) is 38.5. The van der Waals surface area contributed by atoms with Crippen molar-refractivity contribution in [2.45, 2.75) is 399 Å². The number of esters is 3. The Hall–Kier alpha value is -2.63. The lowest BCUT2D eigenvalue weighted by atomic mass is 10.0. The number of rotatable bonds is 67. The maximum Gasteiger partial charge on any atom is 0.306 e. The molecule has 0 aliphatic heterocycles. The smallest absolute Gasteiger partial charge is 0.306 e. The van der Waals surface area contributed by atoms with Crippen LogP contribution < -0.4 is 0 Å². The number of hydrogen-bond acceptors (Lipinski definition) is 6. The first-order chi connectivity index (χ1) is 40.0. The van der Waals surface area contributed by atoms with E-state index in [4.69, 9.17) is 14.2 Å². The van der Waals surface area contributed by atoms with Crippen LogP contribution in [0.4, 0.5) is 0 Å². The minimum atomic E-state index is -0.778. The van der Waals surface area contributed by atoms with Gasteiger partial charge >= 0.3 is 17.9 Å². The van der Waals surface area contributed by atoms with Crippen molar-refractivity contribution in [3.8, 4) is 0 Å². The van der Waals surface area contributed by atoms with Crippen molar-refractivity contribution in [1.29, 1.82) is 0 Å². The summed E-state index contributed by atoms with van der Waals surface area (Å²) in [5.74, 6) is -0.859. The second kappa shape index (κ2) is 69.9. The van der Waals surface area contributed by atoms with E-state index in [1.807, 2.05) is 0 Å². The van der Waals surface area contributed by atoms with Crippen LogP contribution in [0.5, 0.6) is 0 Å². The first-order valence-corrected chi connectivity index (χ1v) is 36.1. The van der Waals surface area contributed by atoms with E-state index in [2.05, 4.69) is 69.4 Å². The van der Waals surface area contributed by atoms with E-state index in [-0.39, 0.29) is 31.1 Å². The van der Waals surface area contributed by atoms with Gasteiger partial charge in [0.25, 0.3) is 0 Å². The summed E-state index contributed by atoms with van der Waals surface area (Å²) in [7, 11) is 0. The summed E-state index contributed by atoms with van der Waals surface area (Å²) in [5, 5.41) is 0. The Bertz CT molecular complexity index is 1400. The SMILES string of the molecule is CCCC/C=C\C/C=C\CCCCCCCC(=O)OCC(COC(=O)CCCCCCCCCCCCCCCCC/C=C\C/C=C\CCCCCCC)OC(=O)CCCCCCCCCCCCCCCCCCCCCCCC. The third-order valence-electron chi connectivity index (χ3n) is 16.3. The number of ether oxygens (including phenoxy) is 3. The Labute approximate surface area is 505 Å². The van der Waals surface area contributed by atoms with Crippen molar-refractivity contribution in [3.63, 3.8) is 0 Å². The van der Waals surface area contributed by atoms with Crippen LogP contribution in [0, 0.1) is 0 Å². The van der Waals surface area contributed by atoms with E-state index in [0.717, 1.165) is 83.5 Å². The molecule has 0 aliphatic rings. The number of hydrogen-bond donors (Lipinski definition) is 0. The summed E-state index contributed by atoms with van der Waals surface area (Å²) in [6.45, 7) is 6.65. The summed E-state index contributed by atoms with van der Waals surface area (Å²) >= 11 is 0. The van der Waals surface area contributed by atoms with Gasteiger partial charge in [0.05, 0.1) is 0 Å². The highest BCUT2D eigenvalue weighted by Crippen LogP contribution is 2.18. The van der Waals surface area contributed by atoms with E-state index >= 15 is 0 Å². The summed E-state index contributed by atoms with van der Waals surface area (Å²) in [6.07, 6.45) is 88.6. The molecule has 1 atom stereocenters. The minimum absolute atomic E-state index is 0.0730. The average molecular weight is 1140 g/mol. The normalized spacial score (nSPS) is 12.3. The second-order valence-electron chi connectivity index (χ2n) is 24.5. The fourth-order valence-corrected chi connectivity index (χ4v) is 10.8. The van der Waals surface area contributed by atoms with E-state index in [9.17, 15) is 14.4 Å². The van der Waals surface area contributed by atoms with E-state index in [1.54, 1.807) is 0 Å². The highest BCUT2D eigenvalue weighted by atomic mass is 16.6. The molecule has 81 heavy (non-hydrogen) atoms. The third kappa shape index (κ3) is 68.0. The molecule has 0 rings (SSSR count). The lowest BCUT2D eigenvalue weighted by Crippen LogP contribution is -2.30. The molecule has 6 heteroatoms. The molecule has 6 nitrogen and oxygen atoms in total. The van der Waals surface area contributed by atoms with Gasteiger partial charge in [0.1, 0.15) is 13.2 Å². The third-order valence-corrected chi connectivity index (χ3v) is 16.3. The predicted octanol–water partition coefficient (Wildman–Crippen LogP) is 24.9. The van der Waals surface area contributed by atoms with Crippen LogP contribution in [-0.4, -0.2) is 37.2 Å². The van der Waals surface area contributed by atoms with Crippen LogP contribution in [0.1, 0.15) is 393 Å². The summed E-state index contributed by atoms with van der Waals surface area (Å²) < 4.78 is 17.0. The van der Waals surface area contributed by atoms with Crippen molar-refractivity contribution in [1.82, 2.24) is 0 Å². The van der Waals surface area contributed by atoms with E-state index < -0.39 is 6.10 Å². The fourth-order valence-electron chi connectivity index (χ4n) is 10.8. The van der Waals surface area contributed by atoms with Crippen molar-refractivity contribution in [3.05, 3.63) is 48.6 Å². The van der Waals surface area contributed by atoms with Gasteiger partial charge in [0, 0.05) is 19.3 Å². The largest absolute Gasteiger partial charge is 0.462 e. The molecule has 0 saturated carbocycles. The summed E-state index contributed by atoms with van der Waals surface area (Å²) in [6, 6.07) is 0. The molecule has 0 amide bonds. The molecule has 0 spiro atoms. The lowest BCUT2D eigenvalue weighted by molar-refractivity contribution is -0.167. The number of carbonyl (C=O) groups is 3. The number of allylic oxidation sites excluding steroid dienone is 8. The van der Waals surface area contributed by atoms with E-state index in [0.29, 0.717) is 19.3 Å². The zero-order valence-corrected chi connectivity index (χ0v) is 54.6. The van der Waals surface area contributed by atoms with Gasteiger partial charge in [0.2, 0.25) is 0 Å². The molecule has 0 bridgehead atoms. The quantitative estimate of drug-likeness (QED) is 0.0261. The Morgan fingerprint density at radius 2 is 0.457 bits per heavy atom. The molecule has 0 radical (unpaired) electrons. The Morgan fingerprint density at radius 1 is 0.247 bits per heavy atom. The molecule has 0 heterocycles. The standard InChI is InChI=1S/C75H138O6/c1-4-7-10-13-16-19-22-25-28-30-32-34-36-37-38-39-40-42-43-45-47-50-53-56-59-62-65-68-74(77)80-71-72(70-79-73(76)67-64-61-58-55-52-49-27-24-21-18-15-12-9-6-3)81-75(78)69-66-63-60-57-54-51-48-46-44-41-35-33-31-29-26-23-20-17-14-11-8-5-2/h15,18,22,24-25,27,30,32,72H,4-14,16-17,19-21,23,26,28-29,31,33-71H2,1-3H3/b18-15-,25-22-,27-24-,32-30-. The number of carbonyl (C=O) groups excluding carboxylic acids is 3. The van der Waals surface area contributed by atoms with Crippen LogP contribution >= 0.6 is 0 Å². The van der Waals surface area contributed by atoms with Gasteiger partial charge in [-0.15, -0.1) is 0 Å². The zero-order valence-electron chi connectivity index (χ0n) is 54.6. The van der Waals surface area contributed by atoms with Gasteiger partial charge in [0.15, 0.2) is 6.10 Å². The van der Waals surface area contributed by atoms with Crippen LogP contribution in [0.15, 0.2) is 48.6 Å². The Balaban J connectivity index is 4.24. The van der Waals surface area contributed by atoms with Crippen molar-refractivity contribution in [2.75, 3.05) is 13.2 Å². The predicted molar refractivity (Wildman–Crippen MR) is 353 cm³/mol. The highest BCUT2D eigenvalue weighted by molar-refractivity contribution is 5.71. The van der Waals surface area contributed by atoms with Gasteiger partial charge in [-0.1, -0.05) is 345 Å². The lowest BCUT2D eigenvalue weighted by Gasteiger charge is -2.18. The summed E-state index contributed by atoms with van der Waals surface area (Å²) in [5.41, 5.74) is 0. The van der Waals surface area contributed by atoms with Crippen LogP contribution in [0.2, 0.25) is 0 Å². The zero-order chi connectivity index (χ0) is 58.5. The first-order valence-electron chi connectivity index (χ1n) is 36.1. The first kappa shape index (κ1) is 78.4. The van der Waals surface area contributed by atoms with Crippen molar-refractivity contribution >= 4 is 17.9 Å². The maximum atomic E-state index is 13.0. The molecule has 0 aliphatic carbocycles. The molecule has 1 unspecified atom stereocenters. The van der Waals surface area contributed by atoms with Gasteiger partial charge in [-0.25, -0.2) is 0 Å². The van der Waals surface area contributed by atoms with Gasteiger partial charge in [-0.3, -0.25) is 14.4 Å². The molecule has 0 fully saturated rings. The van der Waals surface area contributed by atoms with Gasteiger partial charge in [-0.05, 0) is 77.0 Å². The van der Waals surface area contributed by atoms with Crippen molar-refractivity contribution < 1.29 is 28.6 Å². The molecule has 0 N–H and O–H groups in total. The molecular formula is C75H138O6. The Morgan fingerprint density at radius 3 is 0.716 bits per heavy atom. The minimum Gasteiger partial charge on any atom is -0.462 e. The van der Waals surface area contributed by atoms with Crippen molar-refractivity contribution in [2.24, 2.45) is 0 Å². The molecule has 0 aromatic rings. The van der Waals surface area contributed by atoms with Crippen LogP contribution in [-0.2, 0) is 28.6 Å². The maximum absolute atomic E-state index is 13.0. The highest BCUT2D eigenvalue weighted by Gasteiger charge is 2.19. The monoisotopic (exact) mass is 1140 g/mol. The Kier molecular flexibility index (Phi) is 67.6. The average Bonchev–Trinajstić information content (AvgIpc) is 3.47. The molecule has 0 saturated heterocycles. The van der Waals surface area contributed by atoms with E-state index in [1.165, 1.54) is 270 Å². The number of unbranched alkanes of at least 4 members (excludes halogenated alkanes) is 48. The molecule has 0 aromatic heterocycles. The van der Waals surface area contributed by atoms with Gasteiger partial charge in [-0.2, -0.15) is 0 Å². The molecule has 0 aromatic carbocycles. The fraction of sp³-hybridized carbons (Fsp3) is 0.853. The van der Waals surface area contributed by atoms with Gasteiger partial charge < -0.3 is 14.2 Å². The topological polar surface area (TPSA) is 78.9 Å². The second-order valence-corrected chi connectivity index (χ2v) is 24.5. The van der Waals surface area contributed by atoms with Crippen LogP contribution in [0.25, 0.3) is 0 Å². The molecule has 474 valence electrons. The molecular weight excluding hydrogens is 997 g/mol.